The van der Waals surface area contributed by atoms with Gasteiger partial charge in [-0.3, -0.25) is 0 Å². The van der Waals surface area contributed by atoms with Crippen molar-refractivity contribution in [2.45, 2.75) is 51.2 Å². The maximum absolute atomic E-state index is 6.44. The van der Waals surface area contributed by atoms with Crippen LogP contribution in [0.25, 0.3) is 6.08 Å². The Hall–Kier alpha value is -2.62. The highest BCUT2D eigenvalue weighted by atomic mass is 16.5. The third-order valence-electron chi connectivity index (χ3n) is 5.65. The van der Waals surface area contributed by atoms with E-state index in [0.29, 0.717) is 0 Å². The van der Waals surface area contributed by atoms with E-state index in [2.05, 4.69) is 45.9 Å². The second-order valence-corrected chi connectivity index (χ2v) is 8.64. The van der Waals surface area contributed by atoms with Crippen molar-refractivity contribution in [3.05, 3.63) is 53.1 Å². The summed E-state index contributed by atoms with van der Waals surface area (Å²) in [5.41, 5.74) is 2.80. The largest absolute Gasteiger partial charge is 0.497 e. The Morgan fingerprint density at radius 2 is 1.50 bits per heavy atom. The summed E-state index contributed by atoms with van der Waals surface area (Å²) in [7, 11) is 3.35. The normalized spacial score (nSPS) is 21.4. The van der Waals surface area contributed by atoms with E-state index in [4.69, 9.17) is 18.9 Å². The topological polar surface area (TPSA) is 36.9 Å². The molecule has 2 aromatic rings. The minimum absolute atomic E-state index is 0.204. The Morgan fingerprint density at radius 3 is 2.18 bits per heavy atom. The highest BCUT2D eigenvalue weighted by molar-refractivity contribution is 5.68. The van der Waals surface area contributed by atoms with Crippen molar-refractivity contribution in [3.63, 3.8) is 0 Å². The molecule has 4 nitrogen and oxygen atoms in total. The Kier molecular flexibility index (Phi) is 4.33. The lowest BCUT2D eigenvalue weighted by molar-refractivity contribution is 0.0662. The lowest BCUT2D eigenvalue weighted by Gasteiger charge is -2.44. The van der Waals surface area contributed by atoms with E-state index in [9.17, 15) is 0 Å². The van der Waals surface area contributed by atoms with E-state index >= 15 is 0 Å². The molecule has 0 spiro atoms. The van der Waals surface area contributed by atoms with Crippen LogP contribution in [0.2, 0.25) is 0 Å². The summed E-state index contributed by atoms with van der Waals surface area (Å²) in [5, 5.41) is 0. The zero-order valence-corrected chi connectivity index (χ0v) is 17.5. The molecule has 0 saturated heterocycles. The predicted octanol–water partition coefficient (Wildman–Crippen LogP) is 5.60. The molecule has 0 unspecified atom stereocenters. The van der Waals surface area contributed by atoms with E-state index in [-0.39, 0.29) is 11.5 Å². The number of hydrogen-bond donors (Lipinski definition) is 0. The van der Waals surface area contributed by atoms with Crippen LogP contribution in [0.3, 0.4) is 0 Å². The second-order valence-electron chi connectivity index (χ2n) is 8.64. The van der Waals surface area contributed by atoms with Crippen LogP contribution >= 0.6 is 0 Å². The van der Waals surface area contributed by atoms with Gasteiger partial charge in [0, 0.05) is 29.2 Å². The Labute approximate surface area is 167 Å². The lowest BCUT2D eigenvalue weighted by atomic mass is 9.73. The molecule has 0 radical (unpaired) electrons. The predicted molar refractivity (Wildman–Crippen MR) is 111 cm³/mol. The maximum atomic E-state index is 6.44. The van der Waals surface area contributed by atoms with E-state index in [0.717, 1.165) is 35.0 Å². The van der Waals surface area contributed by atoms with Crippen molar-refractivity contribution in [1.29, 1.82) is 0 Å². The van der Waals surface area contributed by atoms with Gasteiger partial charge in [0.25, 0.3) is 0 Å². The third-order valence-corrected chi connectivity index (χ3v) is 5.65. The van der Waals surface area contributed by atoms with Crippen LogP contribution in [0.4, 0.5) is 0 Å². The molecule has 2 heterocycles. The molecule has 2 aliphatic heterocycles. The van der Waals surface area contributed by atoms with Gasteiger partial charge in [0.1, 0.15) is 34.2 Å². The molecule has 0 saturated carbocycles. The fraction of sp³-hybridized carbons (Fsp3) is 0.417. The van der Waals surface area contributed by atoms with Crippen LogP contribution in [-0.2, 0) is 0 Å². The van der Waals surface area contributed by atoms with E-state index in [1.54, 1.807) is 14.2 Å². The molecule has 28 heavy (non-hydrogen) atoms. The summed E-state index contributed by atoms with van der Waals surface area (Å²) < 4.78 is 23.5. The summed E-state index contributed by atoms with van der Waals surface area (Å²) in [4.78, 5) is 0. The molecule has 0 aromatic heterocycles. The van der Waals surface area contributed by atoms with Gasteiger partial charge >= 0.3 is 0 Å². The van der Waals surface area contributed by atoms with Crippen molar-refractivity contribution >= 4 is 6.08 Å². The molecule has 0 fully saturated rings. The molecule has 0 amide bonds. The first-order valence-electron chi connectivity index (χ1n) is 9.68. The number of fused-ring (bicyclic) bond motifs is 2. The fourth-order valence-corrected chi connectivity index (χ4v) is 4.28. The van der Waals surface area contributed by atoms with Gasteiger partial charge in [0.2, 0.25) is 0 Å². The zero-order chi connectivity index (χ0) is 20.1. The summed E-state index contributed by atoms with van der Waals surface area (Å²) in [6.45, 7) is 8.54. The van der Waals surface area contributed by atoms with Gasteiger partial charge in [-0.1, -0.05) is 6.07 Å². The van der Waals surface area contributed by atoms with E-state index < -0.39 is 5.60 Å². The number of benzene rings is 2. The van der Waals surface area contributed by atoms with Crippen LogP contribution in [-0.4, -0.2) is 25.4 Å². The van der Waals surface area contributed by atoms with Gasteiger partial charge in [-0.25, -0.2) is 0 Å². The number of ether oxygens (including phenoxy) is 4. The molecule has 0 bridgehead atoms. The Bertz CT molecular complexity index is 940. The molecule has 2 aliphatic rings. The minimum atomic E-state index is -0.436. The smallest absolute Gasteiger partial charge is 0.131 e. The Morgan fingerprint density at radius 1 is 0.857 bits per heavy atom. The maximum Gasteiger partial charge on any atom is 0.131 e. The molecular formula is C24H28O4. The highest BCUT2D eigenvalue weighted by Gasteiger charge is 2.42. The van der Waals surface area contributed by atoms with Crippen molar-refractivity contribution in [2.75, 3.05) is 14.2 Å². The van der Waals surface area contributed by atoms with Gasteiger partial charge < -0.3 is 18.9 Å². The van der Waals surface area contributed by atoms with Crippen LogP contribution < -0.4 is 18.9 Å². The van der Waals surface area contributed by atoms with Crippen LogP contribution in [0.5, 0.6) is 23.0 Å². The summed E-state index contributed by atoms with van der Waals surface area (Å²) in [6, 6.07) is 12.1. The molecule has 1 atom stereocenters. The van der Waals surface area contributed by atoms with Crippen LogP contribution in [0, 0.1) is 0 Å². The van der Waals surface area contributed by atoms with Gasteiger partial charge in [-0.2, -0.15) is 0 Å². The lowest BCUT2D eigenvalue weighted by Crippen LogP contribution is -2.41. The fourth-order valence-electron chi connectivity index (χ4n) is 4.28. The molecule has 4 heteroatoms. The van der Waals surface area contributed by atoms with Crippen molar-refractivity contribution in [2.24, 2.45) is 0 Å². The first-order valence-corrected chi connectivity index (χ1v) is 9.68. The first-order chi connectivity index (χ1) is 13.2. The van der Waals surface area contributed by atoms with Crippen molar-refractivity contribution < 1.29 is 18.9 Å². The van der Waals surface area contributed by atoms with E-state index in [1.165, 1.54) is 11.1 Å². The molecule has 0 aliphatic carbocycles. The summed E-state index contributed by atoms with van der Waals surface area (Å²) >= 11 is 0. The average Bonchev–Trinajstić information content (AvgIpc) is 2.64. The van der Waals surface area contributed by atoms with Gasteiger partial charge in [0.05, 0.1) is 14.2 Å². The monoisotopic (exact) mass is 380 g/mol. The van der Waals surface area contributed by atoms with Crippen LogP contribution in [0.15, 0.2) is 42.0 Å². The highest BCUT2D eigenvalue weighted by Crippen LogP contribution is 2.51. The third kappa shape index (κ3) is 3.21. The van der Waals surface area contributed by atoms with Gasteiger partial charge in [0.15, 0.2) is 0 Å². The molecule has 0 N–H and O–H groups in total. The molecule has 4 rings (SSSR count). The van der Waals surface area contributed by atoms with Gasteiger partial charge in [-0.15, -0.1) is 0 Å². The first kappa shape index (κ1) is 18.7. The summed E-state index contributed by atoms with van der Waals surface area (Å²) in [5.74, 6) is 3.55. The van der Waals surface area contributed by atoms with E-state index in [1.807, 2.05) is 24.3 Å². The van der Waals surface area contributed by atoms with Crippen molar-refractivity contribution in [3.8, 4) is 23.0 Å². The number of methoxy groups -OCH3 is 2. The standard InChI is InChI=1S/C24H28O4/c1-23(2)14-19(18-10-9-17(26-6)13-22(18)27-23)20-11-15-7-8-16(25-5)12-21(15)28-24(20,3)4/h7-13,19H,14H2,1-6H3/t19-/m1/s1. The van der Waals surface area contributed by atoms with Crippen molar-refractivity contribution in [1.82, 2.24) is 0 Å². The van der Waals surface area contributed by atoms with Crippen LogP contribution in [0.1, 0.15) is 51.2 Å². The minimum Gasteiger partial charge on any atom is -0.497 e. The Balaban J connectivity index is 1.84. The quantitative estimate of drug-likeness (QED) is 0.694. The average molecular weight is 380 g/mol. The van der Waals surface area contributed by atoms with Gasteiger partial charge in [-0.05, 0) is 64.0 Å². The molecular weight excluding hydrogens is 352 g/mol. The zero-order valence-electron chi connectivity index (χ0n) is 17.5. The summed E-state index contributed by atoms with van der Waals surface area (Å²) in [6.07, 6.45) is 3.16. The number of hydrogen-bond acceptors (Lipinski definition) is 4. The molecule has 2 aromatic carbocycles. The number of rotatable bonds is 3. The molecule has 148 valence electrons. The second kappa shape index (κ2) is 6.47. The SMILES string of the molecule is COc1ccc2c(c1)OC(C)(C)C([C@@H]1CC(C)(C)Oc3cc(OC)ccc31)=C2.